The van der Waals surface area contributed by atoms with Crippen LogP contribution in [0.1, 0.15) is 9.67 Å². The number of carbonyl (C=O) groups excluding carboxylic acids is 3. The van der Waals surface area contributed by atoms with Crippen molar-refractivity contribution < 1.29 is 23.5 Å². The molecule has 0 fully saturated rings. The van der Waals surface area contributed by atoms with Crippen molar-refractivity contribution in [2.75, 3.05) is 18.5 Å². The van der Waals surface area contributed by atoms with E-state index in [1.165, 1.54) is 23.5 Å². The lowest BCUT2D eigenvalue weighted by molar-refractivity contribution is -0.146. The lowest BCUT2D eigenvalue weighted by atomic mass is 10.3. The summed E-state index contributed by atoms with van der Waals surface area (Å²) in [6.07, 6.45) is 0. The van der Waals surface area contributed by atoms with Crippen molar-refractivity contribution in [1.29, 1.82) is 0 Å². The lowest BCUT2D eigenvalue weighted by Gasteiger charge is -2.07. The maximum atomic E-state index is 13.0. The summed E-state index contributed by atoms with van der Waals surface area (Å²) >= 11 is 6.83. The molecule has 9 heteroatoms. The predicted octanol–water partition coefficient (Wildman–Crippen LogP) is 2.45. The van der Waals surface area contributed by atoms with Crippen LogP contribution in [-0.4, -0.2) is 30.9 Å². The van der Waals surface area contributed by atoms with Crippen molar-refractivity contribution in [2.24, 2.45) is 0 Å². The zero-order chi connectivity index (χ0) is 17.5. The summed E-state index contributed by atoms with van der Waals surface area (Å²) in [7, 11) is 0. The van der Waals surface area contributed by atoms with E-state index in [-0.39, 0.29) is 17.3 Å². The molecule has 2 N–H and O–H groups in total. The number of anilines is 1. The van der Waals surface area contributed by atoms with Crippen molar-refractivity contribution in [3.8, 4) is 0 Å². The lowest BCUT2D eigenvalue weighted by Crippen LogP contribution is -2.31. The van der Waals surface area contributed by atoms with Gasteiger partial charge in [0, 0.05) is 5.69 Å². The van der Waals surface area contributed by atoms with Crippen LogP contribution in [0.3, 0.4) is 0 Å². The summed E-state index contributed by atoms with van der Waals surface area (Å²) in [5.41, 5.74) is 0.272. The van der Waals surface area contributed by atoms with Gasteiger partial charge in [0.2, 0.25) is 0 Å². The summed E-state index contributed by atoms with van der Waals surface area (Å²) in [5, 5.41) is 6.38. The van der Waals surface area contributed by atoms with E-state index in [9.17, 15) is 18.8 Å². The summed E-state index contributed by atoms with van der Waals surface area (Å²) in [4.78, 5) is 35.2. The molecular formula is C15H12ClFN2O4S. The van der Waals surface area contributed by atoms with Gasteiger partial charge < -0.3 is 15.4 Å². The molecule has 6 nitrogen and oxygen atoms in total. The van der Waals surface area contributed by atoms with Gasteiger partial charge in [-0.05, 0) is 29.6 Å². The Morgan fingerprint density at radius 1 is 1.25 bits per heavy atom. The third kappa shape index (κ3) is 5.32. The number of rotatable bonds is 6. The van der Waals surface area contributed by atoms with Gasteiger partial charge >= 0.3 is 5.97 Å². The Morgan fingerprint density at radius 2 is 2.04 bits per heavy atom. The molecule has 0 radical (unpaired) electrons. The average molecular weight is 371 g/mol. The molecule has 0 saturated carbocycles. The fourth-order valence-corrected chi connectivity index (χ4v) is 2.44. The molecule has 2 amide bonds. The highest BCUT2D eigenvalue weighted by atomic mass is 35.5. The number of esters is 1. The largest absolute Gasteiger partial charge is 0.454 e. The van der Waals surface area contributed by atoms with Gasteiger partial charge in [0.05, 0.1) is 9.90 Å². The van der Waals surface area contributed by atoms with E-state index >= 15 is 0 Å². The van der Waals surface area contributed by atoms with Crippen LogP contribution in [0, 0.1) is 5.82 Å². The van der Waals surface area contributed by atoms with Gasteiger partial charge in [-0.2, -0.15) is 0 Å². The number of nitrogens with one attached hydrogen (secondary N) is 2. The number of ether oxygens (including phenoxy) is 1. The molecule has 0 spiro atoms. The van der Waals surface area contributed by atoms with Gasteiger partial charge in [-0.3, -0.25) is 14.4 Å². The van der Waals surface area contributed by atoms with E-state index < -0.39 is 30.2 Å². The number of carbonyl (C=O) groups is 3. The maximum absolute atomic E-state index is 13.0. The second kappa shape index (κ2) is 8.42. The third-order valence-electron chi connectivity index (χ3n) is 2.71. The van der Waals surface area contributed by atoms with Crippen molar-refractivity contribution in [3.63, 3.8) is 0 Å². The van der Waals surface area contributed by atoms with E-state index in [4.69, 9.17) is 16.3 Å². The molecule has 24 heavy (non-hydrogen) atoms. The van der Waals surface area contributed by atoms with Crippen LogP contribution in [0.5, 0.6) is 0 Å². The van der Waals surface area contributed by atoms with Crippen LogP contribution in [0.15, 0.2) is 35.7 Å². The zero-order valence-electron chi connectivity index (χ0n) is 12.2. The van der Waals surface area contributed by atoms with Gasteiger partial charge in [-0.25, -0.2) is 4.39 Å². The first kappa shape index (κ1) is 17.9. The standard InChI is InChI=1S/C15H12ClFN2O4S/c16-10-6-9(3-4-11(10)17)19-13(20)8-23-14(21)7-18-15(22)12-2-1-5-24-12/h1-6H,7-8H2,(H,18,22)(H,19,20). The molecule has 1 aromatic heterocycles. The molecule has 0 aliphatic heterocycles. The molecular weight excluding hydrogens is 359 g/mol. The first-order chi connectivity index (χ1) is 11.5. The fourth-order valence-electron chi connectivity index (χ4n) is 1.62. The van der Waals surface area contributed by atoms with E-state index in [0.717, 1.165) is 6.07 Å². The Labute approximate surface area is 145 Å². The highest BCUT2D eigenvalue weighted by Gasteiger charge is 2.12. The van der Waals surface area contributed by atoms with Crippen LogP contribution in [0.4, 0.5) is 10.1 Å². The summed E-state index contributed by atoms with van der Waals surface area (Å²) in [5.74, 6) is -2.38. The van der Waals surface area contributed by atoms with E-state index in [1.807, 2.05) is 0 Å². The minimum atomic E-state index is -0.757. The van der Waals surface area contributed by atoms with Crippen LogP contribution in [0.25, 0.3) is 0 Å². The van der Waals surface area contributed by atoms with Crippen molar-refractivity contribution in [3.05, 3.63) is 51.4 Å². The summed E-state index contributed by atoms with van der Waals surface area (Å²) in [6, 6.07) is 6.99. The number of halogens is 2. The van der Waals surface area contributed by atoms with Gasteiger partial charge in [0.15, 0.2) is 6.61 Å². The molecule has 0 bridgehead atoms. The van der Waals surface area contributed by atoms with Gasteiger partial charge in [0.25, 0.3) is 11.8 Å². The molecule has 2 rings (SSSR count). The van der Waals surface area contributed by atoms with E-state index in [1.54, 1.807) is 17.5 Å². The Bertz CT molecular complexity index is 752. The minimum Gasteiger partial charge on any atom is -0.454 e. The zero-order valence-corrected chi connectivity index (χ0v) is 13.7. The normalized spacial score (nSPS) is 10.1. The van der Waals surface area contributed by atoms with Crippen molar-refractivity contribution >= 4 is 46.4 Å². The van der Waals surface area contributed by atoms with E-state index in [0.29, 0.717) is 4.88 Å². The number of hydrogen-bond donors (Lipinski definition) is 2. The van der Waals surface area contributed by atoms with Gasteiger partial charge in [-0.1, -0.05) is 17.7 Å². The van der Waals surface area contributed by atoms with E-state index in [2.05, 4.69) is 10.6 Å². The molecule has 0 aliphatic carbocycles. The average Bonchev–Trinajstić information content (AvgIpc) is 3.08. The van der Waals surface area contributed by atoms with Crippen molar-refractivity contribution in [2.45, 2.75) is 0 Å². The van der Waals surface area contributed by atoms with Gasteiger partial charge in [-0.15, -0.1) is 11.3 Å². The quantitative estimate of drug-likeness (QED) is 0.765. The minimum absolute atomic E-state index is 0.138. The third-order valence-corrected chi connectivity index (χ3v) is 3.86. The number of amides is 2. The van der Waals surface area contributed by atoms with Crippen LogP contribution >= 0.6 is 22.9 Å². The molecule has 126 valence electrons. The molecule has 2 aromatic rings. The molecule has 0 unspecified atom stereocenters. The number of hydrogen-bond acceptors (Lipinski definition) is 5. The number of benzene rings is 1. The summed E-state index contributed by atoms with van der Waals surface area (Å²) in [6.45, 7) is -0.894. The highest BCUT2D eigenvalue weighted by molar-refractivity contribution is 7.12. The van der Waals surface area contributed by atoms with Crippen LogP contribution in [-0.2, 0) is 14.3 Å². The maximum Gasteiger partial charge on any atom is 0.325 e. The van der Waals surface area contributed by atoms with Crippen molar-refractivity contribution in [1.82, 2.24) is 5.32 Å². The molecule has 0 atom stereocenters. The summed E-state index contributed by atoms with van der Waals surface area (Å²) < 4.78 is 17.7. The Kier molecular flexibility index (Phi) is 6.28. The Morgan fingerprint density at radius 3 is 2.71 bits per heavy atom. The molecule has 1 heterocycles. The Balaban J connectivity index is 1.72. The highest BCUT2D eigenvalue weighted by Crippen LogP contribution is 2.19. The van der Waals surface area contributed by atoms with Crippen LogP contribution in [0.2, 0.25) is 5.02 Å². The van der Waals surface area contributed by atoms with Gasteiger partial charge in [0.1, 0.15) is 12.4 Å². The molecule has 1 aromatic carbocycles. The topological polar surface area (TPSA) is 84.5 Å². The second-order valence-corrected chi connectivity index (χ2v) is 5.85. The SMILES string of the molecule is O=C(COC(=O)CNC(=O)c1cccs1)Nc1ccc(F)c(Cl)c1. The smallest absolute Gasteiger partial charge is 0.325 e. The first-order valence-electron chi connectivity index (χ1n) is 6.68. The molecule has 0 aliphatic rings. The Hall–Kier alpha value is -2.45. The first-order valence-corrected chi connectivity index (χ1v) is 7.93. The predicted molar refractivity (Wildman–Crippen MR) is 87.7 cm³/mol. The monoisotopic (exact) mass is 370 g/mol. The number of thiophene rings is 1. The molecule has 0 saturated heterocycles. The second-order valence-electron chi connectivity index (χ2n) is 4.50. The van der Waals surface area contributed by atoms with Crippen LogP contribution < -0.4 is 10.6 Å². The fraction of sp³-hybridized carbons (Fsp3) is 0.133.